The lowest BCUT2D eigenvalue weighted by molar-refractivity contribution is -0.0284. The van der Waals surface area contributed by atoms with Gasteiger partial charge < -0.3 is 15.4 Å². The highest BCUT2D eigenvalue weighted by Crippen LogP contribution is 2.44. The van der Waals surface area contributed by atoms with E-state index in [1.165, 1.54) is 6.42 Å². The first-order chi connectivity index (χ1) is 9.90. The van der Waals surface area contributed by atoms with Gasteiger partial charge in [0.15, 0.2) is 5.96 Å². The number of hydrogen-bond donors (Lipinski definition) is 2. The van der Waals surface area contributed by atoms with E-state index in [0.717, 1.165) is 38.7 Å². The van der Waals surface area contributed by atoms with E-state index in [1.807, 2.05) is 7.05 Å². The van der Waals surface area contributed by atoms with Crippen molar-refractivity contribution in [3.63, 3.8) is 0 Å². The zero-order chi connectivity index (χ0) is 15.5. The third-order valence-electron chi connectivity index (χ3n) is 4.39. The van der Waals surface area contributed by atoms with Gasteiger partial charge in [-0.05, 0) is 17.8 Å². The van der Waals surface area contributed by atoms with E-state index in [-0.39, 0.29) is 6.10 Å². The van der Waals surface area contributed by atoms with Gasteiger partial charge in [-0.1, -0.05) is 27.7 Å². The summed E-state index contributed by atoms with van der Waals surface area (Å²) in [6.07, 6.45) is 1.47. The molecule has 1 aliphatic carbocycles. The highest BCUT2D eigenvalue weighted by atomic mass is 16.5. The van der Waals surface area contributed by atoms with Crippen LogP contribution in [0.2, 0.25) is 0 Å². The zero-order valence-corrected chi connectivity index (χ0v) is 14.3. The molecule has 21 heavy (non-hydrogen) atoms. The molecular weight excluding hydrogens is 264 g/mol. The molecule has 1 saturated carbocycles. The van der Waals surface area contributed by atoms with Crippen molar-refractivity contribution >= 4 is 5.96 Å². The normalized spacial score (nSPS) is 29.5. The predicted molar refractivity (Wildman–Crippen MR) is 87.7 cm³/mol. The lowest BCUT2D eigenvalue weighted by atomic mass is 10.2. The van der Waals surface area contributed by atoms with Crippen LogP contribution in [0.1, 0.15) is 34.1 Å². The van der Waals surface area contributed by atoms with E-state index in [1.54, 1.807) is 0 Å². The molecule has 0 radical (unpaired) electrons. The van der Waals surface area contributed by atoms with Gasteiger partial charge in [0, 0.05) is 39.3 Å². The second-order valence-corrected chi connectivity index (χ2v) is 7.49. The summed E-state index contributed by atoms with van der Waals surface area (Å²) in [6, 6.07) is 0.549. The number of nitrogens with one attached hydrogen (secondary N) is 2. The second-order valence-electron chi connectivity index (χ2n) is 7.49. The van der Waals surface area contributed by atoms with Crippen molar-refractivity contribution in [3.8, 4) is 0 Å². The molecule has 2 unspecified atom stereocenters. The fourth-order valence-electron chi connectivity index (χ4n) is 2.87. The third-order valence-corrected chi connectivity index (χ3v) is 4.39. The molecule has 1 saturated heterocycles. The fourth-order valence-corrected chi connectivity index (χ4v) is 2.87. The largest absolute Gasteiger partial charge is 0.374 e. The summed E-state index contributed by atoms with van der Waals surface area (Å²) < 4.78 is 5.86. The van der Waals surface area contributed by atoms with Crippen LogP contribution in [0.25, 0.3) is 0 Å². The molecule has 2 N–H and O–H groups in total. The Bertz CT molecular complexity index is 367. The first kappa shape index (κ1) is 16.6. The number of nitrogens with zero attached hydrogens (tertiary/aromatic N) is 2. The summed E-state index contributed by atoms with van der Waals surface area (Å²) in [5, 5.41) is 6.89. The minimum absolute atomic E-state index is 0.253. The molecule has 0 aromatic rings. The van der Waals surface area contributed by atoms with Crippen molar-refractivity contribution in [1.29, 1.82) is 0 Å². The summed E-state index contributed by atoms with van der Waals surface area (Å²) in [4.78, 5) is 6.81. The number of rotatable bonds is 5. The number of morpholine rings is 1. The van der Waals surface area contributed by atoms with Crippen LogP contribution < -0.4 is 10.6 Å². The van der Waals surface area contributed by atoms with Crippen molar-refractivity contribution in [2.24, 2.45) is 16.3 Å². The van der Waals surface area contributed by atoms with Gasteiger partial charge in [0.05, 0.1) is 12.7 Å². The summed E-state index contributed by atoms with van der Waals surface area (Å²) in [7, 11) is 1.83. The van der Waals surface area contributed by atoms with Crippen LogP contribution in [0, 0.1) is 11.3 Å². The van der Waals surface area contributed by atoms with Crippen LogP contribution in [0.4, 0.5) is 0 Å². The van der Waals surface area contributed by atoms with Crippen LogP contribution in [-0.2, 0) is 4.74 Å². The van der Waals surface area contributed by atoms with Crippen molar-refractivity contribution in [2.45, 2.75) is 46.3 Å². The highest BCUT2D eigenvalue weighted by molar-refractivity contribution is 5.80. The maximum Gasteiger partial charge on any atom is 0.191 e. The molecule has 0 amide bonds. The Labute approximate surface area is 129 Å². The summed E-state index contributed by atoms with van der Waals surface area (Å²) in [5.41, 5.74) is 0.410. The molecule has 0 aromatic heterocycles. The van der Waals surface area contributed by atoms with Crippen LogP contribution in [0.3, 0.4) is 0 Å². The average molecular weight is 296 g/mol. The zero-order valence-electron chi connectivity index (χ0n) is 14.3. The van der Waals surface area contributed by atoms with Gasteiger partial charge in [-0.2, -0.15) is 0 Å². The minimum atomic E-state index is 0.253. The molecule has 2 atom stereocenters. The predicted octanol–water partition coefficient (Wildman–Crippen LogP) is 1.31. The standard InChI is InChI=1S/C16H32N4O/c1-12(2)10-20-6-7-21-13(11-20)9-18-15(17-5)19-14-8-16(14,3)4/h12-14H,6-11H2,1-5H3,(H2,17,18,19). The third kappa shape index (κ3) is 5.15. The highest BCUT2D eigenvalue weighted by Gasteiger charge is 2.46. The lowest BCUT2D eigenvalue weighted by Gasteiger charge is -2.34. The van der Waals surface area contributed by atoms with Crippen LogP contribution in [0.15, 0.2) is 4.99 Å². The molecule has 1 aliphatic heterocycles. The van der Waals surface area contributed by atoms with Crippen LogP contribution in [-0.4, -0.2) is 62.8 Å². The maximum absolute atomic E-state index is 5.86. The number of guanidine groups is 1. The SMILES string of the molecule is CN=C(NCC1CN(CC(C)C)CCO1)NC1CC1(C)C. The monoisotopic (exact) mass is 296 g/mol. The summed E-state index contributed by atoms with van der Waals surface area (Å²) in [5.74, 6) is 1.61. The quantitative estimate of drug-likeness (QED) is 0.593. The van der Waals surface area contributed by atoms with Gasteiger partial charge in [0.1, 0.15) is 0 Å². The van der Waals surface area contributed by atoms with E-state index in [4.69, 9.17) is 4.74 Å². The molecule has 1 heterocycles. The second kappa shape index (κ2) is 6.97. The molecule has 122 valence electrons. The number of hydrogen-bond acceptors (Lipinski definition) is 3. The Hall–Kier alpha value is -0.810. The number of ether oxygens (including phenoxy) is 1. The smallest absolute Gasteiger partial charge is 0.191 e. The first-order valence-corrected chi connectivity index (χ1v) is 8.22. The molecule has 2 rings (SSSR count). The maximum atomic E-state index is 5.86. The van der Waals surface area contributed by atoms with Gasteiger partial charge in [0.2, 0.25) is 0 Å². The molecular formula is C16H32N4O. The Morgan fingerprint density at radius 2 is 2.14 bits per heavy atom. The lowest BCUT2D eigenvalue weighted by Crippen LogP contribution is -2.50. The van der Waals surface area contributed by atoms with Gasteiger partial charge >= 0.3 is 0 Å². The topological polar surface area (TPSA) is 48.9 Å². The van der Waals surface area contributed by atoms with Crippen molar-refractivity contribution in [1.82, 2.24) is 15.5 Å². The molecule has 5 nitrogen and oxygen atoms in total. The van der Waals surface area contributed by atoms with Crippen molar-refractivity contribution in [2.75, 3.05) is 39.8 Å². The van der Waals surface area contributed by atoms with Gasteiger partial charge in [-0.3, -0.25) is 9.89 Å². The summed E-state index contributed by atoms with van der Waals surface area (Å²) >= 11 is 0. The van der Waals surface area contributed by atoms with E-state index >= 15 is 0 Å². The van der Waals surface area contributed by atoms with Crippen molar-refractivity contribution in [3.05, 3.63) is 0 Å². The van der Waals surface area contributed by atoms with E-state index in [0.29, 0.717) is 17.4 Å². The first-order valence-electron chi connectivity index (χ1n) is 8.22. The Kier molecular flexibility index (Phi) is 5.49. The van der Waals surface area contributed by atoms with E-state index in [2.05, 4.69) is 48.2 Å². The van der Waals surface area contributed by atoms with Crippen LogP contribution >= 0.6 is 0 Å². The molecule has 2 aliphatic rings. The van der Waals surface area contributed by atoms with E-state index in [9.17, 15) is 0 Å². The molecule has 5 heteroatoms. The molecule has 2 fully saturated rings. The average Bonchev–Trinajstić information content (AvgIpc) is 3.01. The fraction of sp³-hybridized carbons (Fsp3) is 0.938. The number of aliphatic imine (C=N–C) groups is 1. The summed E-state index contributed by atoms with van der Waals surface area (Å²) in [6.45, 7) is 14.0. The van der Waals surface area contributed by atoms with Gasteiger partial charge in [-0.25, -0.2) is 0 Å². The van der Waals surface area contributed by atoms with Crippen molar-refractivity contribution < 1.29 is 4.74 Å². The molecule has 0 aromatic carbocycles. The van der Waals surface area contributed by atoms with E-state index < -0.39 is 0 Å². The molecule has 0 spiro atoms. The Morgan fingerprint density at radius 1 is 1.43 bits per heavy atom. The van der Waals surface area contributed by atoms with Gasteiger partial charge in [-0.15, -0.1) is 0 Å². The Balaban J connectivity index is 1.71. The van der Waals surface area contributed by atoms with Crippen LogP contribution in [0.5, 0.6) is 0 Å². The molecule has 0 bridgehead atoms. The van der Waals surface area contributed by atoms with Gasteiger partial charge in [0.25, 0.3) is 0 Å². The minimum Gasteiger partial charge on any atom is -0.374 e. The Morgan fingerprint density at radius 3 is 2.71 bits per heavy atom.